The number of hydrogen-bond acceptors (Lipinski definition) is 3. The minimum atomic E-state index is -0.461. The summed E-state index contributed by atoms with van der Waals surface area (Å²) in [5, 5.41) is 2.64. The van der Waals surface area contributed by atoms with Crippen LogP contribution in [0.2, 0.25) is 0 Å². The Kier molecular flexibility index (Phi) is 5.87. The van der Waals surface area contributed by atoms with Gasteiger partial charge in [0.15, 0.2) is 0 Å². The summed E-state index contributed by atoms with van der Waals surface area (Å²) in [4.78, 5) is 11.7. The van der Waals surface area contributed by atoms with Gasteiger partial charge in [-0.1, -0.05) is 6.08 Å². The van der Waals surface area contributed by atoms with Gasteiger partial charge in [0.25, 0.3) is 5.91 Å². The van der Waals surface area contributed by atoms with E-state index in [-0.39, 0.29) is 17.2 Å². The molecule has 1 rings (SSSR count). The summed E-state index contributed by atoms with van der Waals surface area (Å²) in [5.74, 6) is -0.795. The number of nitrogen functional groups attached to an aromatic ring is 1. The van der Waals surface area contributed by atoms with Crippen LogP contribution >= 0.6 is 0 Å². The predicted molar refractivity (Wildman–Crippen MR) is 68.8 cm³/mol. The fourth-order valence-corrected chi connectivity index (χ4v) is 1.34. The van der Waals surface area contributed by atoms with Crippen LogP contribution in [0.1, 0.15) is 16.8 Å². The van der Waals surface area contributed by atoms with Crippen molar-refractivity contribution in [3.8, 4) is 0 Å². The topological polar surface area (TPSA) is 64.3 Å². The molecular weight excluding hydrogens is 235 g/mol. The van der Waals surface area contributed by atoms with Crippen molar-refractivity contribution in [2.24, 2.45) is 0 Å². The fraction of sp³-hybridized carbons (Fsp3) is 0.308. The first-order chi connectivity index (χ1) is 8.65. The lowest BCUT2D eigenvalue weighted by Crippen LogP contribution is -2.28. The second-order valence-corrected chi connectivity index (χ2v) is 3.68. The van der Waals surface area contributed by atoms with Crippen LogP contribution in [0.5, 0.6) is 0 Å². The van der Waals surface area contributed by atoms with Gasteiger partial charge in [0, 0.05) is 12.2 Å². The summed E-state index contributed by atoms with van der Waals surface area (Å²) in [6.45, 7) is 4.95. The zero-order valence-electron chi connectivity index (χ0n) is 10.1. The van der Waals surface area contributed by atoms with E-state index in [0.717, 1.165) is 12.5 Å². The quantitative estimate of drug-likeness (QED) is 0.441. The second-order valence-electron chi connectivity index (χ2n) is 3.68. The predicted octanol–water partition coefficient (Wildman–Crippen LogP) is 1.73. The second kappa shape index (κ2) is 7.45. The number of rotatable bonds is 7. The molecule has 1 aromatic rings. The third-order valence-electron chi connectivity index (χ3n) is 2.26. The number of carbonyl (C=O) groups excluding carboxylic acids is 1. The first kappa shape index (κ1) is 14.2. The van der Waals surface area contributed by atoms with Gasteiger partial charge in [0.2, 0.25) is 0 Å². The van der Waals surface area contributed by atoms with Crippen LogP contribution in [0.4, 0.5) is 10.1 Å². The highest BCUT2D eigenvalue weighted by Crippen LogP contribution is 2.12. The number of nitrogens with one attached hydrogen (secondary N) is 1. The maximum Gasteiger partial charge on any atom is 0.253 e. The van der Waals surface area contributed by atoms with Gasteiger partial charge < -0.3 is 15.8 Å². The average molecular weight is 252 g/mol. The maximum absolute atomic E-state index is 12.8. The molecule has 1 amide bonds. The Morgan fingerprint density at radius 2 is 2.28 bits per heavy atom. The summed E-state index contributed by atoms with van der Waals surface area (Å²) in [6, 6.07) is 3.68. The van der Waals surface area contributed by atoms with Crippen molar-refractivity contribution in [1.29, 1.82) is 0 Å². The van der Waals surface area contributed by atoms with Gasteiger partial charge in [-0.25, -0.2) is 4.39 Å². The van der Waals surface area contributed by atoms with Gasteiger partial charge in [0.05, 0.1) is 18.8 Å². The fourth-order valence-electron chi connectivity index (χ4n) is 1.34. The Hall–Kier alpha value is -1.88. The normalized spacial score (nSPS) is 10.1. The lowest BCUT2D eigenvalue weighted by atomic mass is 10.1. The third-order valence-corrected chi connectivity index (χ3v) is 2.26. The molecule has 0 bridgehead atoms. The summed E-state index contributed by atoms with van der Waals surface area (Å²) in [7, 11) is 0. The number of anilines is 1. The van der Waals surface area contributed by atoms with Crippen molar-refractivity contribution in [2.45, 2.75) is 6.42 Å². The van der Waals surface area contributed by atoms with E-state index in [2.05, 4.69) is 11.9 Å². The van der Waals surface area contributed by atoms with E-state index in [9.17, 15) is 9.18 Å². The van der Waals surface area contributed by atoms with E-state index in [1.54, 1.807) is 6.08 Å². The SMILES string of the molecule is C=CCCOCCNC(=O)c1ccc(F)cc1N. The number of ether oxygens (including phenoxy) is 1. The number of nitrogens with two attached hydrogens (primary N) is 1. The van der Waals surface area contributed by atoms with Crippen LogP contribution in [0.3, 0.4) is 0 Å². The molecule has 0 unspecified atom stereocenters. The lowest BCUT2D eigenvalue weighted by molar-refractivity contribution is 0.0918. The van der Waals surface area contributed by atoms with Crippen molar-refractivity contribution >= 4 is 11.6 Å². The van der Waals surface area contributed by atoms with Crippen LogP contribution in [0.15, 0.2) is 30.9 Å². The Labute approximate surface area is 106 Å². The molecule has 0 saturated carbocycles. The summed E-state index contributed by atoms with van der Waals surface area (Å²) >= 11 is 0. The highest BCUT2D eigenvalue weighted by molar-refractivity contribution is 5.99. The third kappa shape index (κ3) is 4.55. The molecule has 0 saturated heterocycles. The molecule has 0 aliphatic carbocycles. The average Bonchev–Trinajstić information content (AvgIpc) is 2.33. The Morgan fingerprint density at radius 3 is 2.94 bits per heavy atom. The lowest BCUT2D eigenvalue weighted by Gasteiger charge is -2.07. The van der Waals surface area contributed by atoms with E-state index in [4.69, 9.17) is 10.5 Å². The Bertz CT molecular complexity index is 421. The van der Waals surface area contributed by atoms with E-state index in [1.807, 2.05) is 0 Å². The molecule has 0 atom stereocenters. The van der Waals surface area contributed by atoms with Crippen LogP contribution < -0.4 is 11.1 Å². The largest absolute Gasteiger partial charge is 0.398 e. The van der Waals surface area contributed by atoms with Gasteiger partial charge in [0.1, 0.15) is 5.82 Å². The van der Waals surface area contributed by atoms with Crippen LogP contribution in [0, 0.1) is 5.82 Å². The molecule has 3 N–H and O–H groups in total. The monoisotopic (exact) mass is 252 g/mol. The van der Waals surface area contributed by atoms with Gasteiger partial charge in [-0.2, -0.15) is 0 Å². The molecule has 4 nitrogen and oxygen atoms in total. The zero-order valence-corrected chi connectivity index (χ0v) is 10.1. The number of benzene rings is 1. The zero-order chi connectivity index (χ0) is 13.4. The van der Waals surface area contributed by atoms with Crippen molar-refractivity contribution in [1.82, 2.24) is 5.32 Å². The number of halogens is 1. The summed E-state index contributed by atoms with van der Waals surface area (Å²) in [6.07, 6.45) is 2.54. The van der Waals surface area contributed by atoms with Crippen LogP contribution in [-0.4, -0.2) is 25.7 Å². The minimum Gasteiger partial charge on any atom is -0.398 e. The van der Waals surface area contributed by atoms with E-state index < -0.39 is 5.82 Å². The molecular formula is C13H17FN2O2. The number of amides is 1. The van der Waals surface area contributed by atoms with E-state index in [1.165, 1.54) is 12.1 Å². The minimum absolute atomic E-state index is 0.125. The standard InChI is InChI=1S/C13H17FN2O2/c1-2-3-7-18-8-6-16-13(17)11-5-4-10(14)9-12(11)15/h2,4-5,9H,1,3,6-8,15H2,(H,16,17). The highest BCUT2D eigenvalue weighted by Gasteiger charge is 2.09. The molecule has 0 fully saturated rings. The first-order valence-electron chi connectivity index (χ1n) is 5.67. The molecule has 5 heteroatoms. The van der Waals surface area contributed by atoms with Gasteiger partial charge in [-0.05, 0) is 24.6 Å². The molecule has 0 heterocycles. The molecule has 18 heavy (non-hydrogen) atoms. The smallest absolute Gasteiger partial charge is 0.253 e. The molecule has 0 aromatic heterocycles. The molecule has 0 spiro atoms. The number of carbonyl (C=O) groups is 1. The Balaban J connectivity index is 2.34. The highest BCUT2D eigenvalue weighted by atomic mass is 19.1. The van der Waals surface area contributed by atoms with Crippen LogP contribution in [-0.2, 0) is 4.74 Å². The van der Waals surface area contributed by atoms with Crippen molar-refractivity contribution in [3.63, 3.8) is 0 Å². The van der Waals surface area contributed by atoms with Crippen molar-refractivity contribution in [3.05, 3.63) is 42.2 Å². The van der Waals surface area contributed by atoms with Crippen LogP contribution in [0.25, 0.3) is 0 Å². The van der Waals surface area contributed by atoms with E-state index in [0.29, 0.717) is 19.8 Å². The van der Waals surface area contributed by atoms with Gasteiger partial charge >= 0.3 is 0 Å². The maximum atomic E-state index is 12.8. The summed E-state index contributed by atoms with van der Waals surface area (Å²) < 4.78 is 18.0. The Morgan fingerprint density at radius 1 is 1.50 bits per heavy atom. The molecule has 0 aliphatic heterocycles. The first-order valence-corrected chi connectivity index (χ1v) is 5.67. The molecule has 0 radical (unpaired) electrons. The van der Waals surface area contributed by atoms with Gasteiger partial charge in [-0.3, -0.25) is 4.79 Å². The van der Waals surface area contributed by atoms with Gasteiger partial charge in [-0.15, -0.1) is 6.58 Å². The molecule has 1 aromatic carbocycles. The van der Waals surface area contributed by atoms with Crippen molar-refractivity contribution in [2.75, 3.05) is 25.5 Å². The van der Waals surface area contributed by atoms with Crippen molar-refractivity contribution < 1.29 is 13.9 Å². The summed E-state index contributed by atoms with van der Waals surface area (Å²) in [5.41, 5.74) is 5.94. The molecule has 98 valence electrons. The molecule has 0 aliphatic rings. The van der Waals surface area contributed by atoms with E-state index >= 15 is 0 Å². The number of hydrogen-bond donors (Lipinski definition) is 2.